The molecule has 2 aromatic carbocycles. The van der Waals surface area contributed by atoms with Gasteiger partial charge in [0.15, 0.2) is 0 Å². The molecule has 2 amide bonds. The first kappa shape index (κ1) is 20.4. The van der Waals surface area contributed by atoms with Gasteiger partial charge in [-0.25, -0.2) is 0 Å². The van der Waals surface area contributed by atoms with Gasteiger partial charge in [-0.15, -0.1) is 0 Å². The minimum atomic E-state index is -0.437. The van der Waals surface area contributed by atoms with Crippen LogP contribution >= 0.6 is 0 Å². The van der Waals surface area contributed by atoms with Gasteiger partial charge in [0.1, 0.15) is 0 Å². The molecule has 156 valence electrons. The molecule has 4 rings (SSSR count). The Morgan fingerprint density at radius 2 is 1.77 bits per heavy atom. The summed E-state index contributed by atoms with van der Waals surface area (Å²) in [6.45, 7) is 4.72. The molecule has 0 bridgehead atoms. The molecule has 0 radical (unpaired) electrons. The lowest BCUT2D eigenvalue weighted by molar-refractivity contribution is -0.193. The van der Waals surface area contributed by atoms with Crippen molar-refractivity contribution in [2.45, 2.75) is 37.8 Å². The predicted octanol–water partition coefficient (Wildman–Crippen LogP) is 3.31. The monoisotopic (exact) mass is 404 g/mol. The van der Waals surface area contributed by atoms with Crippen LogP contribution in [-0.2, 0) is 4.79 Å². The smallest absolute Gasteiger partial charge is 0.254 e. The summed E-state index contributed by atoms with van der Waals surface area (Å²) < 4.78 is 0. The molecular formula is C25H28N2O3. The summed E-state index contributed by atoms with van der Waals surface area (Å²) in [5, 5.41) is 10.1. The van der Waals surface area contributed by atoms with Gasteiger partial charge in [-0.05, 0) is 30.2 Å². The molecule has 2 aromatic rings. The molecule has 2 atom stereocenters. The second kappa shape index (κ2) is 8.07. The number of allylic oxidation sites excluding steroid dienone is 1. The molecule has 2 heterocycles. The van der Waals surface area contributed by atoms with E-state index in [0.29, 0.717) is 25.1 Å². The van der Waals surface area contributed by atoms with E-state index in [1.165, 1.54) is 0 Å². The highest BCUT2D eigenvalue weighted by molar-refractivity contribution is 5.95. The maximum atomic E-state index is 12.9. The normalized spacial score (nSPS) is 22.1. The average molecular weight is 405 g/mol. The summed E-state index contributed by atoms with van der Waals surface area (Å²) >= 11 is 0. The van der Waals surface area contributed by atoms with Gasteiger partial charge in [0.2, 0.25) is 5.91 Å². The number of aliphatic hydroxyl groups is 1. The van der Waals surface area contributed by atoms with Crippen molar-refractivity contribution in [1.29, 1.82) is 0 Å². The highest BCUT2D eigenvalue weighted by Gasteiger charge is 2.67. The highest BCUT2D eigenvalue weighted by Crippen LogP contribution is 2.54. The van der Waals surface area contributed by atoms with Crippen LogP contribution in [0.5, 0.6) is 0 Å². The average Bonchev–Trinajstić information content (AvgIpc) is 2.74. The van der Waals surface area contributed by atoms with E-state index < -0.39 is 5.54 Å². The molecule has 1 spiro atoms. The lowest BCUT2D eigenvalue weighted by atomic mass is 9.60. The van der Waals surface area contributed by atoms with Crippen molar-refractivity contribution in [2.24, 2.45) is 0 Å². The number of likely N-dealkylation sites (tertiary alicyclic amines) is 2. The molecule has 1 N–H and O–H groups in total. The van der Waals surface area contributed by atoms with E-state index in [-0.39, 0.29) is 30.4 Å². The zero-order chi connectivity index (χ0) is 21.3. The summed E-state index contributed by atoms with van der Waals surface area (Å²) in [7, 11) is 0. The zero-order valence-corrected chi connectivity index (χ0v) is 17.5. The summed E-state index contributed by atoms with van der Waals surface area (Å²) in [5.41, 5.74) is 2.44. The Labute approximate surface area is 177 Å². The highest BCUT2D eigenvalue weighted by atomic mass is 16.3. The number of nitrogens with zero attached hydrogens (tertiary/aromatic N) is 2. The fraction of sp³-hybridized carbons (Fsp3) is 0.360. The minimum absolute atomic E-state index is 0.0116. The number of hydrogen-bond donors (Lipinski definition) is 1. The molecule has 0 aliphatic carbocycles. The van der Waals surface area contributed by atoms with Crippen LogP contribution in [-0.4, -0.2) is 58.0 Å². The van der Waals surface area contributed by atoms with Gasteiger partial charge in [0.05, 0.1) is 18.2 Å². The molecule has 2 aliphatic heterocycles. The standard InChI is InChI=1S/C25H28N2O3/c1-3-8-18-11-13-19(14-12-18)23-21(15-28)27(22(29)4-2)25(23)16-26(17-25)24(30)20-9-6-5-7-10-20/h3,5-14,21,23,28H,4,15-17H2,1-2H3/t21-,23+/m1/s1. The van der Waals surface area contributed by atoms with Gasteiger partial charge in [0.25, 0.3) is 5.91 Å². The van der Waals surface area contributed by atoms with Crippen molar-refractivity contribution in [1.82, 2.24) is 9.80 Å². The van der Waals surface area contributed by atoms with Crippen molar-refractivity contribution in [3.05, 3.63) is 77.4 Å². The number of carbonyl (C=O) groups is 2. The number of amides is 2. The summed E-state index contributed by atoms with van der Waals surface area (Å²) in [6.07, 6.45) is 4.43. The van der Waals surface area contributed by atoms with Crippen molar-refractivity contribution >= 4 is 17.9 Å². The second-order valence-electron chi connectivity index (χ2n) is 8.14. The molecule has 0 unspecified atom stereocenters. The van der Waals surface area contributed by atoms with E-state index in [9.17, 15) is 14.7 Å². The van der Waals surface area contributed by atoms with Gasteiger partial charge in [-0.3, -0.25) is 9.59 Å². The van der Waals surface area contributed by atoms with Crippen LogP contribution < -0.4 is 0 Å². The summed E-state index contributed by atoms with van der Waals surface area (Å²) in [6, 6.07) is 17.3. The largest absolute Gasteiger partial charge is 0.394 e. The van der Waals surface area contributed by atoms with Crippen LogP contribution in [0.25, 0.3) is 6.08 Å². The molecule has 5 heteroatoms. The molecular weight excluding hydrogens is 376 g/mol. The maximum Gasteiger partial charge on any atom is 0.254 e. The quantitative estimate of drug-likeness (QED) is 0.832. The molecule has 30 heavy (non-hydrogen) atoms. The molecule has 0 aromatic heterocycles. The third kappa shape index (κ3) is 3.14. The fourth-order valence-electron chi connectivity index (χ4n) is 5.11. The first-order valence-electron chi connectivity index (χ1n) is 10.6. The Balaban J connectivity index is 1.62. The van der Waals surface area contributed by atoms with Gasteiger partial charge < -0.3 is 14.9 Å². The van der Waals surface area contributed by atoms with Crippen LogP contribution in [0.2, 0.25) is 0 Å². The third-order valence-corrected chi connectivity index (χ3v) is 6.43. The lowest BCUT2D eigenvalue weighted by Gasteiger charge is -2.70. The zero-order valence-electron chi connectivity index (χ0n) is 17.5. The van der Waals surface area contributed by atoms with E-state index in [1.807, 2.05) is 61.2 Å². The molecule has 2 aliphatic rings. The van der Waals surface area contributed by atoms with Crippen LogP contribution in [0, 0.1) is 0 Å². The van der Waals surface area contributed by atoms with E-state index in [1.54, 1.807) is 4.90 Å². The number of hydrogen-bond acceptors (Lipinski definition) is 3. The number of aliphatic hydroxyl groups excluding tert-OH is 1. The Morgan fingerprint density at radius 1 is 1.10 bits per heavy atom. The van der Waals surface area contributed by atoms with Crippen molar-refractivity contribution < 1.29 is 14.7 Å². The van der Waals surface area contributed by atoms with Crippen LogP contribution in [0.3, 0.4) is 0 Å². The van der Waals surface area contributed by atoms with Crippen LogP contribution in [0.15, 0.2) is 60.7 Å². The molecule has 5 nitrogen and oxygen atoms in total. The first-order chi connectivity index (χ1) is 14.6. The number of benzene rings is 2. The molecule has 0 saturated carbocycles. The van der Waals surface area contributed by atoms with Crippen molar-refractivity contribution in [3.63, 3.8) is 0 Å². The topological polar surface area (TPSA) is 60.9 Å². The Bertz CT molecular complexity index is 946. The Morgan fingerprint density at radius 3 is 2.33 bits per heavy atom. The minimum Gasteiger partial charge on any atom is -0.394 e. The summed E-state index contributed by atoms with van der Waals surface area (Å²) in [5.74, 6) is 0.0277. The van der Waals surface area contributed by atoms with E-state index in [4.69, 9.17) is 0 Å². The Hall–Kier alpha value is -2.92. The maximum absolute atomic E-state index is 12.9. The van der Waals surface area contributed by atoms with Crippen molar-refractivity contribution in [2.75, 3.05) is 19.7 Å². The number of carbonyl (C=O) groups excluding carboxylic acids is 2. The first-order valence-corrected chi connectivity index (χ1v) is 10.6. The second-order valence-corrected chi connectivity index (χ2v) is 8.14. The van der Waals surface area contributed by atoms with E-state index >= 15 is 0 Å². The van der Waals surface area contributed by atoms with Crippen LogP contribution in [0.4, 0.5) is 0 Å². The molecule has 2 fully saturated rings. The van der Waals surface area contributed by atoms with Crippen LogP contribution in [0.1, 0.15) is 47.7 Å². The Kier molecular flexibility index (Phi) is 5.48. The number of rotatable bonds is 5. The predicted molar refractivity (Wildman–Crippen MR) is 117 cm³/mol. The van der Waals surface area contributed by atoms with Gasteiger partial charge in [-0.2, -0.15) is 0 Å². The summed E-state index contributed by atoms with van der Waals surface area (Å²) in [4.78, 5) is 29.3. The van der Waals surface area contributed by atoms with Gasteiger partial charge in [0, 0.05) is 31.0 Å². The fourth-order valence-corrected chi connectivity index (χ4v) is 5.11. The molecule has 2 saturated heterocycles. The lowest BCUT2D eigenvalue weighted by Crippen LogP contribution is -2.85. The van der Waals surface area contributed by atoms with E-state index in [2.05, 4.69) is 24.3 Å². The van der Waals surface area contributed by atoms with E-state index in [0.717, 1.165) is 11.1 Å². The van der Waals surface area contributed by atoms with Crippen molar-refractivity contribution in [3.8, 4) is 0 Å². The SMILES string of the molecule is CC=Cc1ccc([C@H]2[C@@H](CO)N(C(=O)CC)C23CN(C(=O)c2ccccc2)C3)cc1. The third-order valence-electron chi connectivity index (χ3n) is 6.43. The van der Waals surface area contributed by atoms with Gasteiger partial charge in [-0.1, -0.05) is 61.5 Å². The van der Waals surface area contributed by atoms with Gasteiger partial charge >= 0.3 is 0 Å².